The third-order valence-electron chi connectivity index (χ3n) is 4.41. The van der Waals surface area contributed by atoms with Gasteiger partial charge in [0.2, 0.25) is 0 Å². The van der Waals surface area contributed by atoms with Gasteiger partial charge in [0.15, 0.2) is 16.7 Å². The number of carbonyl (C=O) groups is 1. The highest BCUT2D eigenvalue weighted by atomic mass is 32.1. The first-order valence-electron chi connectivity index (χ1n) is 8.67. The van der Waals surface area contributed by atoms with Gasteiger partial charge in [-0.05, 0) is 30.3 Å². The summed E-state index contributed by atoms with van der Waals surface area (Å²) in [6, 6.07) is 14.3. The average Bonchev–Trinajstić information content (AvgIpc) is 3.44. The molecule has 0 unspecified atom stereocenters. The summed E-state index contributed by atoms with van der Waals surface area (Å²) in [4.78, 5) is 18.8. The zero-order valence-electron chi connectivity index (χ0n) is 14.8. The molecule has 2 aromatic carbocycles. The van der Waals surface area contributed by atoms with Crippen molar-refractivity contribution in [1.82, 2.24) is 4.98 Å². The Morgan fingerprint density at radius 3 is 2.76 bits per heavy atom. The summed E-state index contributed by atoms with van der Waals surface area (Å²) in [5.41, 5.74) is 0.583. The molecule has 0 atom stereocenters. The van der Waals surface area contributed by atoms with Crippen molar-refractivity contribution in [1.29, 1.82) is 0 Å². The number of aromatic nitrogens is 1. The van der Waals surface area contributed by atoms with Crippen molar-refractivity contribution in [3.63, 3.8) is 0 Å². The lowest BCUT2D eigenvalue weighted by molar-refractivity contribution is 0.0958. The highest BCUT2D eigenvalue weighted by molar-refractivity contribution is 7.22. The summed E-state index contributed by atoms with van der Waals surface area (Å²) in [7, 11) is 0. The summed E-state index contributed by atoms with van der Waals surface area (Å²) < 4.78 is 39.1. The van der Waals surface area contributed by atoms with Crippen LogP contribution in [0.2, 0.25) is 0 Å². The van der Waals surface area contributed by atoms with Gasteiger partial charge in [-0.15, -0.1) is 0 Å². The van der Waals surface area contributed by atoms with Crippen LogP contribution in [0.25, 0.3) is 21.2 Å². The van der Waals surface area contributed by atoms with Gasteiger partial charge in [-0.3, -0.25) is 9.69 Å². The minimum atomic E-state index is -0.781. The molecule has 0 saturated carbocycles. The van der Waals surface area contributed by atoms with Gasteiger partial charge in [-0.2, -0.15) is 0 Å². The first-order chi connectivity index (χ1) is 14.1. The van der Waals surface area contributed by atoms with Gasteiger partial charge in [-0.1, -0.05) is 29.5 Å². The fourth-order valence-electron chi connectivity index (χ4n) is 3.07. The number of amides is 1. The average molecular weight is 410 g/mol. The van der Waals surface area contributed by atoms with Crippen LogP contribution in [0.1, 0.15) is 16.3 Å². The smallest absolute Gasteiger partial charge is 0.296 e. The molecule has 0 aliphatic rings. The van der Waals surface area contributed by atoms with Gasteiger partial charge in [-0.25, -0.2) is 13.8 Å². The molecule has 3 heterocycles. The van der Waals surface area contributed by atoms with Crippen LogP contribution in [0.15, 0.2) is 69.7 Å². The second kappa shape index (κ2) is 6.82. The van der Waals surface area contributed by atoms with Crippen LogP contribution >= 0.6 is 11.3 Å². The summed E-state index contributed by atoms with van der Waals surface area (Å²) in [6.45, 7) is 0.0623. The lowest BCUT2D eigenvalue weighted by atomic mass is 10.2. The second-order valence-corrected chi connectivity index (χ2v) is 7.36. The van der Waals surface area contributed by atoms with Crippen LogP contribution in [-0.2, 0) is 6.54 Å². The molecule has 5 aromatic rings. The van der Waals surface area contributed by atoms with E-state index in [1.807, 2.05) is 18.2 Å². The van der Waals surface area contributed by atoms with Crippen molar-refractivity contribution in [2.45, 2.75) is 6.54 Å². The molecular weight excluding hydrogens is 398 g/mol. The molecule has 0 saturated heterocycles. The van der Waals surface area contributed by atoms with Gasteiger partial charge >= 0.3 is 0 Å². The Labute approximate surface area is 166 Å². The van der Waals surface area contributed by atoms with Crippen molar-refractivity contribution in [2.24, 2.45) is 0 Å². The predicted octanol–water partition coefficient (Wildman–Crippen LogP) is 5.76. The quantitative estimate of drug-likeness (QED) is 0.378. The Kier molecular flexibility index (Phi) is 4.13. The van der Waals surface area contributed by atoms with Crippen molar-refractivity contribution >= 4 is 43.6 Å². The molecule has 5 rings (SSSR count). The van der Waals surface area contributed by atoms with E-state index in [-0.39, 0.29) is 23.0 Å². The van der Waals surface area contributed by atoms with Gasteiger partial charge in [0.1, 0.15) is 22.7 Å². The van der Waals surface area contributed by atoms with Crippen molar-refractivity contribution in [2.75, 3.05) is 4.90 Å². The Morgan fingerprint density at radius 2 is 1.97 bits per heavy atom. The molecule has 0 N–H and O–H groups in total. The number of hydrogen-bond acceptors (Lipinski definition) is 5. The largest absolute Gasteiger partial charge is 0.467 e. The molecule has 5 nitrogen and oxygen atoms in total. The molecule has 3 aromatic heterocycles. The number of fused-ring (bicyclic) bond motifs is 2. The number of carbonyl (C=O) groups excluding carboxylic acids is 1. The SMILES string of the molecule is O=C(c1cc2ccccc2o1)N(Cc1ccco1)c1nc2c(F)cc(F)cc2s1. The molecule has 8 heteroatoms. The second-order valence-electron chi connectivity index (χ2n) is 6.35. The van der Waals surface area contributed by atoms with E-state index in [0.717, 1.165) is 22.8 Å². The van der Waals surface area contributed by atoms with Crippen LogP contribution in [0.4, 0.5) is 13.9 Å². The maximum atomic E-state index is 14.1. The lowest BCUT2D eigenvalue weighted by Gasteiger charge is -2.17. The summed E-state index contributed by atoms with van der Waals surface area (Å²) in [6.07, 6.45) is 1.49. The van der Waals surface area contributed by atoms with Crippen molar-refractivity contribution < 1.29 is 22.4 Å². The Hall–Kier alpha value is -3.52. The normalized spacial score (nSPS) is 11.4. The Bertz CT molecular complexity index is 1310. The summed E-state index contributed by atoms with van der Waals surface area (Å²) in [5.74, 6) is -1.32. The molecule has 144 valence electrons. The van der Waals surface area contributed by atoms with Gasteiger partial charge in [0.25, 0.3) is 5.91 Å². The third-order valence-corrected chi connectivity index (χ3v) is 5.43. The molecule has 0 fully saturated rings. The molecule has 29 heavy (non-hydrogen) atoms. The van der Waals surface area contributed by atoms with E-state index >= 15 is 0 Å². The molecule has 0 aliphatic carbocycles. The van der Waals surface area contributed by atoms with E-state index in [4.69, 9.17) is 8.83 Å². The van der Waals surface area contributed by atoms with E-state index in [9.17, 15) is 13.6 Å². The topological polar surface area (TPSA) is 59.5 Å². The van der Waals surface area contributed by atoms with Crippen LogP contribution in [0, 0.1) is 11.6 Å². The number of rotatable bonds is 4. The fourth-order valence-corrected chi connectivity index (χ4v) is 4.07. The van der Waals surface area contributed by atoms with Crippen LogP contribution in [0.5, 0.6) is 0 Å². The number of hydrogen-bond donors (Lipinski definition) is 0. The van der Waals surface area contributed by atoms with Crippen LogP contribution in [0.3, 0.4) is 0 Å². The highest BCUT2D eigenvalue weighted by Crippen LogP contribution is 2.33. The maximum absolute atomic E-state index is 14.1. The van der Waals surface area contributed by atoms with Crippen LogP contribution < -0.4 is 4.90 Å². The van der Waals surface area contributed by atoms with Gasteiger partial charge in [0, 0.05) is 11.5 Å². The highest BCUT2D eigenvalue weighted by Gasteiger charge is 2.26. The number of benzene rings is 2. The molecular formula is C21H12F2N2O3S. The maximum Gasteiger partial charge on any atom is 0.296 e. The first kappa shape index (κ1) is 17.6. The van der Waals surface area contributed by atoms with E-state index in [0.29, 0.717) is 16.0 Å². The van der Waals surface area contributed by atoms with Crippen LogP contribution in [-0.4, -0.2) is 10.9 Å². The Morgan fingerprint density at radius 1 is 1.10 bits per heavy atom. The van der Waals surface area contributed by atoms with E-state index in [1.165, 1.54) is 17.2 Å². The minimum Gasteiger partial charge on any atom is -0.467 e. The summed E-state index contributed by atoms with van der Waals surface area (Å²) in [5, 5.41) is 0.998. The van der Waals surface area contributed by atoms with Crippen molar-refractivity contribution in [3.8, 4) is 0 Å². The zero-order chi connectivity index (χ0) is 20.0. The van der Waals surface area contributed by atoms with Gasteiger partial charge < -0.3 is 8.83 Å². The third kappa shape index (κ3) is 3.17. The fraction of sp³-hybridized carbons (Fsp3) is 0.0476. The molecule has 0 radical (unpaired) electrons. The Balaban J connectivity index is 1.61. The molecule has 0 bridgehead atoms. The number of para-hydroxylation sites is 1. The number of nitrogens with zero attached hydrogens (tertiary/aromatic N) is 2. The number of anilines is 1. The standard InChI is InChI=1S/C21H12F2N2O3S/c22-13-9-15(23)19-18(10-13)29-21(24-19)25(11-14-5-3-7-27-14)20(26)17-8-12-4-1-2-6-16(12)28-17/h1-10H,11H2. The summed E-state index contributed by atoms with van der Waals surface area (Å²) >= 11 is 1.02. The predicted molar refractivity (Wildman–Crippen MR) is 105 cm³/mol. The van der Waals surface area contributed by atoms with E-state index < -0.39 is 17.5 Å². The van der Waals surface area contributed by atoms with E-state index in [2.05, 4.69) is 4.98 Å². The minimum absolute atomic E-state index is 0.00764. The number of thiazole rings is 1. The molecule has 1 amide bonds. The molecule has 0 spiro atoms. The molecule has 0 aliphatic heterocycles. The van der Waals surface area contributed by atoms with Crippen molar-refractivity contribution in [3.05, 3.63) is 84.0 Å². The monoisotopic (exact) mass is 410 g/mol. The zero-order valence-corrected chi connectivity index (χ0v) is 15.6. The lowest BCUT2D eigenvalue weighted by Crippen LogP contribution is -2.29. The van der Waals surface area contributed by atoms with E-state index in [1.54, 1.807) is 24.3 Å². The van der Waals surface area contributed by atoms with Gasteiger partial charge in [0.05, 0.1) is 17.5 Å². The number of halogens is 2. The first-order valence-corrected chi connectivity index (χ1v) is 9.48. The number of furan rings is 2.